The molecular weight excluding hydrogens is 261 g/mol. The van der Waals surface area contributed by atoms with E-state index < -0.39 is 29.1 Å². The molecule has 0 saturated carbocycles. The van der Waals surface area contributed by atoms with Gasteiger partial charge in [0.25, 0.3) is 0 Å². The number of halogens is 4. The molecule has 0 aromatic heterocycles. The van der Waals surface area contributed by atoms with Crippen LogP contribution in [-0.4, -0.2) is 6.54 Å². The first-order valence-electron chi connectivity index (χ1n) is 3.77. The lowest BCUT2D eigenvalue weighted by Crippen LogP contribution is -2.23. The zero-order valence-corrected chi connectivity index (χ0v) is 8.61. The first kappa shape index (κ1) is 11.5. The second kappa shape index (κ2) is 4.29. The fourth-order valence-corrected chi connectivity index (χ4v) is 1.41. The van der Waals surface area contributed by atoms with Crippen molar-refractivity contribution in [3.05, 3.63) is 33.6 Å². The molecule has 4 N–H and O–H groups in total. The summed E-state index contributed by atoms with van der Waals surface area (Å²) in [6.07, 6.45) is 0. The molecule has 0 unspecified atom stereocenters. The Hall–Kier alpha value is -0.590. The summed E-state index contributed by atoms with van der Waals surface area (Å²) in [6, 6.07) is -0.221. The van der Waals surface area contributed by atoms with E-state index in [9.17, 15) is 13.2 Å². The molecule has 0 amide bonds. The summed E-state index contributed by atoms with van der Waals surface area (Å²) in [5, 5.41) is 0. The molecule has 78 valence electrons. The first-order valence-corrected chi connectivity index (χ1v) is 4.56. The minimum absolute atomic E-state index is 0.158. The predicted molar refractivity (Wildman–Crippen MR) is 50.0 cm³/mol. The summed E-state index contributed by atoms with van der Waals surface area (Å²) in [7, 11) is 0. The van der Waals surface area contributed by atoms with Gasteiger partial charge in [0.1, 0.15) is 5.82 Å². The summed E-state index contributed by atoms with van der Waals surface area (Å²) in [4.78, 5) is 0. The predicted octanol–water partition coefficient (Wildman–Crippen LogP) is 1.82. The van der Waals surface area contributed by atoms with E-state index in [-0.39, 0.29) is 11.0 Å². The molecule has 14 heavy (non-hydrogen) atoms. The van der Waals surface area contributed by atoms with Crippen LogP contribution in [0.25, 0.3) is 0 Å². The maximum atomic E-state index is 13.2. The normalized spacial score (nSPS) is 13.0. The lowest BCUT2D eigenvalue weighted by molar-refractivity contribution is 0.462. The molecule has 6 heteroatoms. The molecular formula is C8H8BrF3N2. The minimum Gasteiger partial charge on any atom is -0.329 e. The summed E-state index contributed by atoms with van der Waals surface area (Å²) >= 11 is 2.67. The van der Waals surface area contributed by atoms with Gasteiger partial charge in [-0.3, -0.25) is 0 Å². The highest BCUT2D eigenvalue weighted by Crippen LogP contribution is 2.26. The quantitative estimate of drug-likeness (QED) is 0.635. The Morgan fingerprint density at radius 2 is 1.86 bits per heavy atom. The first-order chi connectivity index (χ1) is 6.49. The van der Waals surface area contributed by atoms with Crippen LogP contribution < -0.4 is 11.5 Å². The zero-order valence-electron chi connectivity index (χ0n) is 7.03. The molecule has 0 bridgehead atoms. The molecule has 1 aromatic carbocycles. The van der Waals surface area contributed by atoms with Crippen molar-refractivity contribution in [2.75, 3.05) is 6.54 Å². The molecule has 0 aliphatic carbocycles. The molecule has 0 aliphatic rings. The molecule has 0 fully saturated rings. The average Bonchev–Trinajstić information content (AvgIpc) is 2.14. The topological polar surface area (TPSA) is 52.0 Å². The van der Waals surface area contributed by atoms with Crippen molar-refractivity contribution in [1.82, 2.24) is 0 Å². The summed E-state index contributed by atoms with van der Waals surface area (Å²) in [6.45, 7) is -0.158. The largest absolute Gasteiger partial charge is 0.329 e. The van der Waals surface area contributed by atoms with Crippen molar-refractivity contribution < 1.29 is 13.2 Å². The van der Waals surface area contributed by atoms with Crippen molar-refractivity contribution in [2.45, 2.75) is 6.04 Å². The molecule has 0 spiro atoms. The van der Waals surface area contributed by atoms with Gasteiger partial charge in [0, 0.05) is 18.2 Å². The summed E-state index contributed by atoms with van der Waals surface area (Å²) in [5.41, 5.74) is 9.95. The van der Waals surface area contributed by atoms with Gasteiger partial charge in [0.2, 0.25) is 0 Å². The smallest absolute Gasteiger partial charge is 0.173 e. The molecule has 0 heterocycles. The molecule has 1 rings (SSSR count). The number of hydrogen-bond donors (Lipinski definition) is 2. The van der Waals surface area contributed by atoms with Crippen molar-refractivity contribution in [3.63, 3.8) is 0 Å². The Labute approximate surface area is 87.2 Å². The van der Waals surface area contributed by atoms with Crippen LogP contribution in [0.15, 0.2) is 10.5 Å². The summed E-state index contributed by atoms with van der Waals surface area (Å²) in [5.74, 6) is -3.37. The van der Waals surface area contributed by atoms with E-state index in [1.165, 1.54) is 0 Å². The molecule has 1 atom stereocenters. The molecule has 0 radical (unpaired) electrons. The Balaban J connectivity index is 3.36. The van der Waals surface area contributed by atoms with E-state index in [2.05, 4.69) is 15.9 Å². The maximum Gasteiger partial charge on any atom is 0.173 e. The Kier molecular flexibility index (Phi) is 3.52. The minimum atomic E-state index is -1.30. The Morgan fingerprint density at radius 3 is 2.36 bits per heavy atom. The highest BCUT2D eigenvalue weighted by Gasteiger charge is 2.21. The monoisotopic (exact) mass is 268 g/mol. The van der Waals surface area contributed by atoms with Gasteiger partial charge in [-0.05, 0) is 22.0 Å². The van der Waals surface area contributed by atoms with E-state index in [0.29, 0.717) is 0 Å². The highest BCUT2D eigenvalue weighted by molar-refractivity contribution is 9.10. The maximum absolute atomic E-state index is 13.2. The Morgan fingerprint density at radius 1 is 1.29 bits per heavy atom. The number of hydrogen-bond acceptors (Lipinski definition) is 2. The molecule has 2 nitrogen and oxygen atoms in total. The van der Waals surface area contributed by atoms with E-state index >= 15 is 0 Å². The van der Waals surface area contributed by atoms with Crippen LogP contribution in [0.5, 0.6) is 0 Å². The standard InChI is InChI=1S/C8H8BrF3N2/c9-3-1-4(10)6(5(14)2-13)8(12)7(3)11/h1,5H,2,13-14H2/t5-/m0/s1. The third-order valence-electron chi connectivity index (χ3n) is 1.77. The van der Waals surface area contributed by atoms with Crippen LogP contribution in [0.2, 0.25) is 0 Å². The van der Waals surface area contributed by atoms with Gasteiger partial charge in [-0.1, -0.05) is 0 Å². The highest BCUT2D eigenvalue weighted by atomic mass is 79.9. The number of rotatable bonds is 2. The second-order valence-corrected chi connectivity index (χ2v) is 3.58. The Bertz CT molecular complexity index is 357. The molecule has 0 saturated heterocycles. The third kappa shape index (κ3) is 1.92. The van der Waals surface area contributed by atoms with Crippen LogP contribution >= 0.6 is 15.9 Å². The lowest BCUT2D eigenvalue weighted by Gasteiger charge is -2.12. The molecule has 1 aromatic rings. The van der Waals surface area contributed by atoms with Gasteiger partial charge >= 0.3 is 0 Å². The summed E-state index contributed by atoms with van der Waals surface area (Å²) < 4.78 is 39.0. The fraction of sp³-hybridized carbons (Fsp3) is 0.250. The van der Waals surface area contributed by atoms with Gasteiger partial charge < -0.3 is 11.5 Å². The van der Waals surface area contributed by atoms with Crippen LogP contribution in [0.4, 0.5) is 13.2 Å². The average molecular weight is 269 g/mol. The van der Waals surface area contributed by atoms with Crippen LogP contribution in [0.1, 0.15) is 11.6 Å². The SMILES string of the molecule is NC[C@H](N)c1c(F)cc(Br)c(F)c1F. The van der Waals surface area contributed by atoms with Crippen molar-refractivity contribution >= 4 is 15.9 Å². The number of nitrogens with two attached hydrogens (primary N) is 2. The van der Waals surface area contributed by atoms with E-state index in [0.717, 1.165) is 6.07 Å². The van der Waals surface area contributed by atoms with Gasteiger partial charge in [0.15, 0.2) is 11.6 Å². The van der Waals surface area contributed by atoms with Gasteiger partial charge in [0.05, 0.1) is 4.47 Å². The third-order valence-corrected chi connectivity index (χ3v) is 2.35. The van der Waals surface area contributed by atoms with Crippen LogP contribution in [-0.2, 0) is 0 Å². The van der Waals surface area contributed by atoms with E-state index in [1.807, 2.05) is 0 Å². The van der Waals surface area contributed by atoms with Crippen molar-refractivity contribution in [1.29, 1.82) is 0 Å². The van der Waals surface area contributed by atoms with Crippen molar-refractivity contribution in [3.8, 4) is 0 Å². The van der Waals surface area contributed by atoms with Gasteiger partial charge in [-0.15, -0.1) is 0 Å². The fourth-order valence-electron chi connectivity index (χ4n) is 1.04. The molecule has 0 aliphatic heterocycles. The number of benzene rings is 1. The van der Waals surface area contributed by atoms with Crippen molar-refractivity contribution in [2.24, 2.45) is 11.5 Å². The lowest BCUT2D eigenvalue weighted by atomic mass is 10.1. The van der Waals surface area contributed by atoms with E-state index in [1.54, 1.807) is 0 Å². The van der Waals surface area contributed by atoms with Gasteiger partial charge in [-0.25, -0.2) is 13.2 Å². The van der Waals surface area contributed by atoms with Crippen LogP contribution in [0.3, 0.4) is 0 Å². The van der Waals surface area contributed by atoms with Gasteiger partial charge in [-0.2, -0.15) is 0 Å². The zero-order chi connectivity index (χ0) is 10.9. The van der Waals surface area contributed by atoms with Crippen LogP contribution in [0, 0.1) is 17.5 Å². The van der Waals surface area contributed by atoms with E-state index in [4.69, 9.17) is 11.5 Å². The second-order valence-electron chi connectivity index (χ2n) is 2.72.